The van der Waals surface area contributed by atoms with Crippen molar-refractivity contribution in [3.8, 4) is 11.5 Å². The van der Waals surface area contributed by atoms with E-state index < -0.39 is 23.0 Å². The SMILES string of the molecule is C=CCN1C(=O)[C@@]2(O[C@@H](CC(=O)N(CCO)Cc3ccccc3)[C@H](C(C)(C)c3ccc(OC)cc3)[C@H]2C)c2cc(NC(=O)c3ccc(OC)cc3)ccc21. The van der Waals surface area contributed by atoms with E-state index in [0.29, 0.717) is 34.8 Å². The number of benzene rings is 4. The maximum Gasteiger partial charge on any atom is 0.264 e. The predicted molar refractivity (Wildman–Crippen MR) is 209 cm³/mol. The topological polar surface area (TPSA) is 118 Å². The third-order valence-electron chi connectivity index (χ3n) is 11.1. The van der Waals surface area contributed by atoms with E-state index in [1.54, 1.807) is 60.4 Å². The minimum absolute atomic E-state index is 0.0128. The van der Waals surface area contributed by atoms with Crippen molar-refractivity contribution in [1.29, 1.82) is 0 Å². The Labute approximate surface area is 317 Å². The molecule has 4 atom stereocenters. The Morgan fingerprint density at radius 1 is 0.981 bits per heavy atom. The fourth-order valence-electron chi connectivity index (χ4n) is 8.36. The minimum atomic E-state index is -1.47. The van der Waals surface area contributed by atoms with Gasteiger partial charge in [0, 0.05) is 48.3 Å². The van der Waals surface area contributed by atoms with Gasteiger partial charge in [-0.1, -0.05) is 69.3 Å². The second-order valence-electron chi connectivity index (χ2n) is 14.5. The monoisotopic (exact) mass is 731 g/mol. The Kier molecular flexibility index (Phi) is 11.3. The molecular formula is C44H49N3O7. The zero-order chi connectivity index (χ0) is 38.6. The number of methoxy groups -OCH3 is 2. The normalized spacial score (nSPS) is 20.4. The maximum absolute atomic E-state index is 14.9. The van der Waals surface area contributed by atoms with Crippen molar-refractivity contribution in [3.05, 3.63) is 132 Å². The van der Waals surface area contributed by atoms with E-state index in [-0.39, 0.29) is 49.8 Å². The summed E-state index contributed by atoms with van der Waals surface area (Å²) in [6, 6.07) is 29.8. The van der Waals surface area contributed by atoms with Crippen LogP contribution in [0.1, 0.15) is 54.2 Å². The molecule has 1 fully saturated rings. The largest absolute Gasteiger partial charge is 0.497 e. The Balaban J connectivity index is 1.42. The number of amides is 3. The first-order valence-electron chi connectivity index (χ1n) is 18.3. The van der Waals surface area contributed by atoms with Crippen molar-refractivity contribution < 1.29 is 33.7 Å². The lowest BCUT2D eigenvalue weighted by Crippen LogP contribution is -2.46. The number of fused-ring (bicyclic) bond motifs is 2. The van der Waals surface area contributed by atoms with Gasteiger partial charge in [0.25, 0.3) is 11.8 Å². The maximum atomic E-state index is 14.9. The average Bonchev–Trinajstić information content (AvgIpc) is 3.60. The molecule has 10 heteroatoms. The van der Waals surface area contributed by atoms with Crippen LogP contribution < -0.4 is 19.7 Å². The fourth-order valence-corrected chi connectivity index (χ4v) is 8.36. The smallest absolute Gasteiger partial charge is 0.264 e. The number of hydrogen-bond acceptors (Lipinski definition) is 7. The molecule has 0 bridgehead atoms. The molecule has 4 aromatic carbocycles. The number of aliphatic hydroxyl groups is 1. The van der Waals surface area contributed by atoms with Gasteiger partial charge in [-0.25, -0.2) is 0 Å². The van der Waals surface area contributed by atoms with Crippen LogP contribution in [0.2, 0.25) is 0 Å². The zero-order valence-corrected chi connectivity index (χ0v) is 31.6. The molecule has 6 rings (SSSR count). The van der Waals surface area contributed by atoms with Crippen LogP contribution in [0.25, 0.3) is 0 Å². The molecule has 1 saturated heterocycles. The molecule has 2 heterocycles. The molecule has 54 heavy (non-hydrogen) atoms. The van der Waals surface area contributed by atoms with Crippen molar-refractivity contribution in [2.75, 3.05) is 44.1 Å². The van der Waals surface area contributed by atoms with Gasteiger partial charge in [-0.2, -0.15) is 0 Å². The number of aliphatic hydroxyl groups excluding tert-OH is 1. The van der Waals surface area contributed by atoms with Crippen molar-refractivity contribution in [2.45, 2.75) is 50.9 Å². The van der Waals surface area contributed by atoms with Crippen LogP contribution in [-0.2, 0) is 31.9 Å². The number of carbonyl (C=O) groups excluding carboxylic acids is 3. The molecule has 282 valence electrons. The molecule has 2 aliphatic heterocycles. The minimum Gasteiger partial charge on any atom is -0.497 e. The van der Waals surface area contributed by atoms with Crippen molar-refractivity contribution in [2.24, 2.45) is 11.8 Å². The molecule has 2 N–H and O–H groups in total. The van der Waals surface area contributed by atoms with E-state index in [4.69, 9.17) is 14.2 Å². The number of rotatable bonds is 14. The van der Waals surface area contributed by atoms with Crippen LogP contribution in [0.5, 0.6) is 11.5 Å². The lowest BCUT2D eigenvalue weighted by atomic mass is 9.63. The van der Waals surface area contributed by atoms with Crippen molar-refractivity contribution >= 4 is 29.1 Å². The molecule has 1 spiro atoms. The van der Waals surface area contributed by atoms with Gasteiger partial charge in [0.05, 0.1) is 39.0 Å². The highest BCUT2D eigenvalue weighted by Crippen LogP contribution is 2.60. The standard InChI is InChI=1S/C44H49N3O7/c1-7-23-47-37-22-17-33(45-41(50)31-13-18-34(52-5)19-14-31)26-36(37)44(42(47)51)29(2)40(43(3,4)32-15-20-35(53-6)21-16-32)38(54-44)27-39(49)46(24-25-48)28-30-11-9-8-10-12-30/h7-22,26,29,38,40,48H,1,23-25,27-28H2,2-6H3,(H,45,50)/t29-,38+,40-,44+/m1/s1. The van der Waals surface area contributed by atoms with E-state index in [0.717, 1.165) is 16.9 Å². The zero-order valence-electron chi connectivity index (χ0n) is 31.6. The summed E-state index contributed by atoms with van der Waals surface area (Å²) in [5, 5.41) is 13.0. The number of anilines is 2. The van der Waals surface area contributed by atoms with Crippen LogP contribution in [0, 0.1) is 11.8 Å². The summed E-state index contributed by atoms with van der Waals surface area (Å²) in [5.41, 5.74) is 2.11. The van der Waals surface area contributed by atoms with E-state index in [1.807, 2.05) is 73.7 Å². The summed E-state index contributed by atoms with van der Waals surface area (Å²) in [6.45, 7) is 10.7. The molecule has 10 nitrogen and oxygen atoms in total. The highest BCUT2D eigenvalue weighted by molar-refractivity contribution is 6.09. The Morgan fingerprint density at radius 2 is 1.63 bits per heavy atom. The fraction of sp³-hybridized carbons (Fsp3) is 0.341. The second-order valence-corrected chi connectivity index (χ2v) is 14.5. The Hall–Kier alpha value is -5.45. The predicted octanol–water partition coefficient (Wildman–Crippen LogP) is 6.72. The van der Waals surface area contributed by atoms with Gasteiger partial charge >= 0.3 is 0 Å². The first kappa shape index (κ1) is 38.3. The highest BCUT2D eigenvalue weighted by Gasteiger charge is 2.66. The number of ether oxygens (including phenoxy) is 3. The molecule has 0 unspecified atom stereocenters. The summed E-state index contributed by atoms with van der Waals surface area (Å²) < 4.78 is 17.8. The molecular weight excluding hydrogens is 682 g/mol. The molecule has 0 aliphatic carbocycles. The van der Waals surface area contributed by atoms with Crippen LogP contribution in [0.15, 0.2) is 110 Å². The third-order valence-corrected chi connectivity index (χ3v) is 11.1. The summed E-state index contributed by atoms with van der Waals surface area (Å²) in [4.78, 5) is 45.9. The number of hydrogen-bond donors (Lipinski definition) is 2. The molecule has 2 aliphatic rings. The van der Waals surface area contributed by atoms with Gasteiger partial charge in [0.15, 0.2) is 5.60 Å². The van der Waals surface area contributed by atoms with Gasteiger partial charge < -0.3 is 34.4 Å². The van der Waals surface area contributed by atoms with Gasteiger partial charge in [-0.05, 0) is 71.1 Å². The van der Waals surface area contributed by atoms with Crippen LogP contribution >= 0.6 is 0 Å². The Morgan fingerprint density at radius 3 is 2.24 bits per heavy atom. The van der Waals surface area contributed by atoms with Gasteiger partial charge in [-0.3, -0.25) is 14.4 Å². The second kappa shape index (κ2) is 15.9. The van der Waals surface area contributed by atoms with Gasteiger partial charge in [-0.15, -0.1) is 6.58 Å². The molecule has 0 radical (unpaired) electrons. The van der Waals surface area contributed by atoms with Crippen molar-refractivity contribution in [1.82, 2.24) is 4.90 Å². The number of nitrogens with zero attached hydrogens (tertiary/aromatic N) is 2. The highest BCUT2D eigenvalue weighted by atomic mass is 16.5. The van der Waals surface area contributed by atoms with Crippen LogP contribution in [0.4, 0.5) is 11.4 Å². The van der Waals surface area contributed by atoms with Gasteiger partial charge in [0.1, 0.15) is 11.5 Å². The van der Waals surface area contributed by atoms with Crippen LogP contribution in [0.3, 0.4) is 0 Å². The first-order valence-corrected chi connectivity index (χ1v) is 18.3. The summed E-state index contributed by atoms with van der Waals surface area (Å²) in [5.74, 6) is -0.153. The number of nitrogens with one attached hydrogen (secondary N) is 1. The summed E-state index contributed by atoms with van der Waals surface area (Å²) >= 11 is 0. The first-order chi connectivity index (χ1) is 26.0. The molecule has 0 saturated carbocycles. The number of carbonyl (C=O) groups is 3. The summed E-state index contributed by atoms with van der Waals surface area (Å²) in [6.07, 6.45) is 0.969. The van der Waals surface area contributed by atoms with E-state index >= 15 is 0 Å². The van der Waals surface area contributed by atoms with Crippen molar-refractivity contribution in [3.63, 3.8) is 0 Å². The quantitative estimate of drug-likeness (QED) is 0.138. The molecule has 3 amide bonds. The van der Waals surface area contributed by atoms with Gasteiger partial charge in [0.2, 0.25) is 5.91 Å². The molecule has 4 aromatic rings. The Bertz CT molecular complexity index is 1980. The summed E-state index contributed by atoms with van der Waals surface area (Å²) in [7, 11) is 3.19. The average molecular weight is 732 g/mol. The van der Waals surface area contributed by atoms with E-state index in [9.17, 15) is 19.5 Å². The lowest BCUT2D eigenvalue weighted by molar-refractivity contribution is -0.150. The van der Waals surface area contributed by atoms with Crippen LogP contribution in [-0.4, -0.2) is 67.7 Å². The van der Waals surface area contributed by atoms with E-state index in [2.05, 4.69) is 25.7 Å². The third kappa shape index (κ3) is 7.11. The lowest BCUT2D eigenvalue weighted by Gasteiger charge is -2.39. The molecule has 0 aromatic heterocycles. The van der Waals surface area contributed by atoms with E-state index in [1.165, 1.54) is 0 Å².